The van der Waals surface area contributed by atoms with Crippen LogP contribution in [0.1, 0.15) is 11.1 Å². The predicted molar refractivity (Wildman–Crippen MR) is 55.5 cm³/mol. The second-order valence-corrected chi connectivity index (χ2v) is 3.37. The van der Waals surface area contributed by atoms with Crippen molar-refractivity contribution in [1.29, 1.82) is 0 Å². The van der Waals surface area contributed by atoms with Gasteiger partial charge in [-0.2, -0.15) is 0 Å². The van der Waals surface area contributed by atoms with Gasteiger partial charge in [-0.25, -0.2) is 0 Å². The van der Waals surface area contributed by atoms with E-state index in [4.69, 9.17) is 22.1 Å². The van der Waals surface area contributed by atoms with Crippen molar-refractivity contribution in [3.63, 3.8) is 0 Å². The van der Waals surface area contributed by atoms with Crippen LogP contribution in [0.25, 0.3) is 0 Å². The van der Waals surface area contributed by atoms with Crippen molar-refractivity contribution in [2.75, 3.05) is 13.7 Å². The summed E-state index contributed by atoms with van der Waals surface area (Å²) < 4.78 is 5.22. The third kappa shape index (κ3) is 2.36. The minimum Gasteiger partial charge on any atom is -0.496 e. The maximum Gasteiger partial charge on any atom is 0.123 e. The van der Waals surface area contributed by atoms with Gasteiger partial charge in [-0.1, -0.05) is 11.6 Å². The van der Waals surface area contributed by atoms with Crippen LogP contribution in [0.3, 0.4) is 0 Å². The molecule has 1 rings (SSSR count). The Labute approximate surface area is 83.6 Å². The Morgan fingerprint density at radius 1 is 1.46 bits per heavy atom. The Bertz CT molecular complexity index is 299. The Morgan fingerprint density at radius 2 is 2.15 bits per heavy atom. The second kappa shape index (κ2) is 4.49. The first-order chi connectivity index (χ1) is 6.19. The van der Waals surface area contributed by atoms with E-state index in [1.807, 2.05) is 19.1 Å². The number of halogens is 1. The van der Waals surface area contributed by atoms with E-state index < -0.39 is 0 Å². The first-order valence-corrected chi connectivity index (χ1v) is 4.60. The minimum atomic E-state index is 0.582. The van der Waals surface area contributed by atoms with E-state index in [0.717, 1.165) is 28.3 Å². The van der Waals surface area contributed by atoms with E-state index in [2.05, 4.69) is 0 Å². The Balaban J connectivity index is 3.13. The van der Waals surface area contributed by atoms with Crippen LogP contribution in [0.5, 0.6) is 5.75 Å². The first kappa shape index (κ1) is 10.4. The fourth-order valence-electron chi connectivity index (χ4n) is 1.31. The second-order valence-electron chi connectivity index (χ2n) is 2.97. The molecule has 0 bridgehead atoms. The predicted octanol–water partition coefficient (Wildman–Crippen LogP) is 2.16. The van der Waals surface area contributed by atoms with Crippen LogP contribution in [0, 0.1) is 6.92 Å². The third-order valence-electron chi connectivity index (χ3n) is 1.91. The smallest absolute Gasteiger partial charge is 0.123 e. The highest BCUT2D eigenvalue weighted by Gasteiger charge is 2.07. The molecular weight excluding hydrogens is 186 g/mol. The van der Waals surface area contributed by atoms with Crippen LogP contribution in [0.4, 0.5) is 0 Å². The van der Waals surface area contributed by atoms with Crippen molar-refractivity contribution in [3.05, 3.63) is 28.3 Å². The largest absolute Gasteiger partial charge is 0.496 e. The number of aryl methyl sites for hydroxylation is 1. The molecule has 0 aliphatic heterocycles. The highest BCUT2D eigenvalue weighted by atomic mass is 35.5. The molecule has 13 heavy (non-hydrogen) atoms. The molecule has 1 aromatic rings. The summed E-state index contributed by atoms with van der Waals surface area (Å²) in [6, 6.07) is 3.89. The molecule has 3 heteroatoms. The summed E-state index contributed by atoms with van der Waals surface area (Å²) in [5, 5.41) is 0.738. The van der Waals surface area contributed by atoms with Gasteiger partial charge in [-0.05, 0) is 37.6 Å². The van der Waals surface area contributed by atoms with E-state index >= 15 is 0 Å². The van der Waals surface area contributed by atoms with Gasteiger partial charge in [0.25, 0.3) is 0 Å². The van der Waals surface area contributed by atoms with Crippen LogP contribution < -0.4 is 10.5 Å². The molecule has 72 valence electrons. The van der Waals surface area contributed by atoms with E-state index in [1.54, 1.807) is 7.11 Å². The van der Waals surface area contributed by atoms with Crippen molar-refractivity contribution >= 4 is 11.6 Å². The van der Waals surface area contributed by atoms with Gasteiger partial charge < -0.3 is 10.5 Å². The maximum absolute atomic E-state index is 6.06. The Morgan fingerprint density at radius 3 is 2.69 bits per heavy atom. The van der Waals surface area contributed by atoms with Gasteiger partial charge in [0.2, 0.25) is 0 Å². The molecule has 0 saturated heterocycles. The molecule has 0 amide bonds. The van der Waals surface area contributed by atoms with Gasteiger partial charge in [-0.3, -0.25) is 0 Å². The monoisotopic (exact) mass is 199 g/mol. The molecular formula is C10H14ClNO. The van der Waals surface area contributed by atoms with Gasteiger partial charge in [0.1, 0.15) is 5.75 Å². The van der Waals surface area contributed by atoms with Crippen LogP contribution in [-0.4, -0.2) is 13.7 Å². The van der Waals surface area contributed by atoms with E-state index in [1.165, 1.54) is 0 Å². The van der Waals surface area contributed by atoms with Crippen LogP contribution in [0.15, 0.2) is 12.1 Å². The van der Waals surface area contributed by atoms with Crippen LogP contribution >= 0.6 is 11.6 Å². The Hall–Kier alpha value is -0.730. The van der Waals surface area contributed by atoms with E-state index in [-0.39, 0.29) is 0 Å². The zero-order valence-electron chi connectivity index (χ0n) is 7.93. The topological polar surface area (TPSA) is 35.2 Å². The average Bonchev–Trinajstić information content (AvgIpc) is 2.09. The first-order valence-electron chi connectivity index (χ1n) is 4.22. The zero-order valence-corrected chi connectivity index (χ0v) is 8.69. The van der Waals surface area contributed by atoms with E-state index in [9.17, 15) is 0 Å². The molecule has 0 unspecified atom stereocenters. The van der Waals surface area contributed by atoms with Crippen molar-refractivity contribution in [2.24, 2.45) is 5.73 Å². The minimum absolute atomic E-state index is 0.582. The Kier molecular flexibility index (Phi) is 3.58. The van der Waals surface area contributed by atoms with E-state index in [0.29, 0.717) is 6.54 Å². The van der Waals surface area contributed by atoms with Crippen molar-refractivity contribution in [3.8, 4) is 5.75 Å². The van der Waals surface area contributed by atoms with Crippen molar-refractivity contribution in [2.45, 2.75) is 13.3 Å². The summed E-state index contributed by atoms with van der Waals surface area (Å²) in [4.78, 5) is 0. The van der Waals surface area contributed by atoms with Crippen molar-refractivity contribution in [1.82, 2.24) is 0 Å². The van der Waals surface area contributed by atoms with Gasteiger partial charge in [-0.15, -0.1) is 0 Å². The molecule has 0 atom stereocenters. The SMILES string of the molecule is COc1cc(C)cc(Cl)c1CCN. The zero-order chi connectivity index (χ0) is 9.84. The molecule has 0 saturated carbocycles. The molecule has 0 heterocycles. The summed E-state index contributed by atoms with van der Waals surface area (Å²) in [7, 11) is 1.64. The average molecular weight is 200 g/mol. The standard InChI is InChI=1S/C10H14ClNO/c1-7-5-9(11)8(3-4-12)10(6-7)13-2/h5-6H,3-4,12H2,1-2H3. The molecule has 0 aliphatic rings. The van der Waals surface area contributed by atoms with Crippen LogP contribution in [-0.2, 0) is 6.42 Å². The maximum atomic E-state index is 6.06. The number of hydrogen-bond acceptors (Lipinski definition) is 2. The molecule has 0 radical (unpaired) electrons. The van der Waals surface area contributed by atoms with Crippen LogP contribution in [0.2, 0.25) is 5.02 Å². The lowest BCUT2D eigenvalue weighted by Crippen LogP contribution is -2.05. The summed E-state index contributed by atoms with van der Waals surface area (Å²) in [6.07, 6.45) is 0.752. The van der Waals surface area contributed by atoms with Crippen molar-refractivity contribution < 1.29 is 4.74 Å². The number of benzene rings is 1. The summed E-state index contributed by atoms with van der Waals surface area (Å²) in [5.41, 5.74) is 7.57. The number of nitrogens with two attached hydrogens (primary N) is 1. The fourth-order valence-corrected chi connectivity index (χ4v) is 1.67. The number of ether oxygens (including phenoxy) is 1. The fraction of sp³-hybridized carbons (Fsp3) is 0.400. The summed E-state index contributed by atoms with van der Waals surface area (Å²) in [6.45, 7) is 2.57. The highest BCUT2D eigenvalue weighted by Crippen LogP contribution is 2.28. The normalized spacial score (nSPS) is 10.2. The molecule has 2 nitrogen and oxygen atoms in total. The van der Waals surface area contributed by atoms with Gasteiger partial charge in [0, 0.05) is 10.6 Å². The number of methoxy groups -OCH3 is 1. The quantitative estimate of drug-likeness (QED) is 0.810. The third-order valence-corrected chi connectivity index (χ3v) is 2.25. The lowest BCUT2D eigenvalue weighted by Gasteiger charge is -2.10. The summed E-state index contributed by atoms with van der Waals surface area (Å²) >= 11 is 6.06. The number of rotatable bonds is 3. The van der Waals surface area contributed by atoms with Gasteiger partial charge in [0.05, 0.1) is 7.11 Å². The van der Waals surface area contributed by atoms with Gasteiger partial charge >= 0.3 is 0 Å². The lowest BCUT2D eigenvalue weighted by molar-refractivity contribution is 0.409. The molecule has 2 N–H and O–H groups in total. The molecule has 0 spiro atoms. The lowest BCUT2D eigenvalue weighted by atomic mass is 10.1. The van der Waals surface area contributed by atoms with Gasteiger partial charge in [0.15, 0.2) is 0 Å². The number of hydrogen-bond donors (Lipinski definition) is 1. The summed E-state index contributed by atoms with van der Waals surface area (Å²) in [5.74, 6) is 0.829. The molecule has 1 aromatic carbocycles. The molecule has 0 aliphatic carbocycles. The molecule has 0 aromatic heterocycles. The highest BCUT2D eigenvalue weighted by molar-refractivity contribution is 6.31. The molecule has 0 fully saturated rings.